The maximum atomic E-state index is 12.5. The van der Waals surface area contributed by atoms with Crippen molar-refractivity contribution in [2.75, 3.05) is 7.11 Å². The molecule has 13 nitrogen and oxygen atoms in total. The topological polar surface area (TPSA) is 181 Å². The molecule has 5 atom stereocenters. The molecule has 0 spiro atoms. The van der Waals surface area contributed by atoms with Crippen LogP contribution in [0.1, 0.15) is 34.6 Å². The Morgan fingerprint density at radius 2 is 1.40 bits per heavy atom. The number of ether oxygens (including phenoxy) is 5. The second kappa shape index (κ2) is 9.84. The lowest BCUT2D eigenvalue weighted by atomic mass is 9.95. The molecule has 0 bridgehead atoms. The molecule has 1 heterocycles. The van der Waals surface area contributed by atoms with E-state index in [0.29, 0.717) is 0 Å². The Labute approximate surface area is 172 Å². The Balaban J connectivity index is 3.53. The second-order valence-electron chi connectivity index (χ2n) is 7.31. The van der Waals surface area contributed by atoms with Gasteiger partial charge in [-0.05, 0) is 20.8 Å². The maximum absolute atomic E-state index is 12.5. The van der Waals surface area contributed by atoms with E-state index in [1.54, 1.807) is 0 Å². The molecule has 30 heavy (non-hydrogen) atoms. The van der Waals surface area contributed by atoms with E-state index in [0.717, 1.165) is 21.0 Å². The van der Waals surface area contributed by atoms with Gasteiger partial charge in [0.1, 0.15) is 0 Å². The van der Waals surface area contributed by atoms with E-state index < -0.39 is 67.8 Å². The van der Waals surface area contributed by atoms with Crippen LogP contribution in [-0.4, -0.2) is 71.5 Å². The summed E-state index contributed by atoms with van der Waals surface area (Å²) in [5.74, 6) is -3.86. The summed E-state index contributed by atoms with van der Waals surface area (Å²) < 4.78 is 41.0. The number of rotatable bonds is 6. The molecule has 1 saturated heterocycles. The first-order valence-corrected chi connectivity index (χ1v) is 10.1. The summed E-state index contributed by atoms with van der Waals surface area (Å²) in [5, 5.41) is 0. The van der Waals surface area contributed by atoms with E-state index in [-0.39, 0.29) is 0 Å². The van der Waals surface area contributed by atoms with Gasteiger partial charge in [-0.25, -0.2) is 9.36 Å². The van der Waals surface area contributed by atoms with Crippen molar-refractivity contribution in [2.45, 2.75) is 65.3 Å². The van der Waals surface area contributed by atoms with Crippen molar-refractivity contribution in [3.8, 4) is 0 Å². The summed E-state index contributed by atoms with van der Waals surface area (Å²) in [6.45, 7) is 6.45. The minimum atomic E-state index is -5.24. The molecule has 2 N–H and O–H groups in total. The van der Waals surface area contributed by atoms with Gasteiger partial charge in [0, 0.05) is 13.8 Å². The minimum Gasteiger partial charge on any atom is -0.467 e. The number of methoxy groups -OCH3 is 1. The fourth-order valence-electron chi connectivity index (χ4n) is 2.41. The third kappa shape index (κ3) is 7.33. The Bertz CT molecular complexity index is 721. The quantitative estimate of drug-likeness (QED) is 0.305. The van der Waals surface area contributed by atoms with Crippen molar-refractivity contribution in [1.82, 2.24) is 0 Å². The molecule has 0 unspecified atom stereocenters. The van der Waals surface area contributed by atoms with Crippen LogP contribution >= 0.6 is 7.82 Å². The van der Waals surface area contributed by atoms with Gasteiger partial charge in [-0.1, -0.05) is 0 Å². The number of carbonyl (C=O) groups is 4. The smallest absolute Gasteiger partial charge is 0.467 e. The molecule has 172 valence electrons. The predicted molar refractivity (Wildman–Crippen MR) is 94.2 cm³/mol. The van der Waals surface area contributed by atoms with E-state index in [1.807, 2.05) is 0 Å². The summed E-state index contributed by atoms with van der Waals surface area (Å²) in [4.78, 5) is 66.2. The first kappa shape index (κ1) is 26.0. The first-order valence-electron chi connectivity index (χ1n) is 8.59. The Hall–Kier alpha value is -2.05. The van der Waals surface area contributed by atoms with Crippen molar-refractivity contribution in [3.05, 3.63) is 0 Å². The van der Waals surface area contributed by atoms with Crippen molar-refractivity contribution in [1.29, 1.82) is 0 Å². The standard InChI is InChI=1S/C16H25O13P/c1-7(17)25-9-10(28-15(20)16(3,4)5)12(26-8(2)18)14(29-30(21,22)23)27-11(9)13(19)24-6/h9-12,14H,1-6H3,(H2,21,22,23)/t9-,10-,11+,12+,14+/m0/s1. The largest absolute Gasteiger partial charge is 0.472 e. The number of phosphoric ester groups is 1. The van der Waals surface area contributed by atoms with E-state index in [4.69, 9.17) is 18.9 Å². The van der Waals surface area contributed by atoms with Gasteiger partial charge in [-0.3, -0.25) is 18.9 Å². The molecular formula is C16H25O13P. The zero-order valence-electron chi connectivity index (χ0n) is 17.2. The molecule has 1 aliphatic rings. The predicted octanol–water partition coefficient (Wildman–Crippen LogP) is -0.185. The molecule has 14 heteroatoms. The van der Waals surface area contributed by atoms with Crippen LogP contribution in [0.15, 0.2) is 0 Å². The lowest BCUT2D eigenvalue weighted by molar-refractivity contribution is -0.286. The van der Waals surface area contributed by atoms with Crippen LogP contribution in [0.4, 0.5) is 0 Å². The molecular weight excluding hydrogens is 431 g/mol. The highest BCUT2D eigenvalue weighted by molar-refractivity contribution is 7.46. The minimum absolute atomic E-state index is 0.859. The van der Waals surface area contributed by atoms with Gasteiger partial charge < -0.3 is 33.5 Å². The molecule has 0 amide bonds. The Kier molecular flexibility index (Phi) is 8.52. The molecule has 0 saturated carbocycles. The van der Waals surface area contributed by atoms with Crippen LogP contribution in [-0.2, 0) is 52.0 Å². The van der Waals surface area contributed by atoms with Crippen molar-refractivity contribution in [2.24, 2.45) is 5.41 Å². The normalized spacial score (nSPS) is 27.0. The highest BCUT2D eigenvalue weighted by Crippen LogP contribution is 2.42. The zero-order valence-corrected chi connectivity index (χ0v) is 18.1. The first-order chi connectivity index (χ1) is 13.6. The molecule has 1 rings (SSSR count). The summed E-state index contributed by atoms with van der Waals surface area (Å²) in [7, 11) is -4.26. The maximum Gasteiger partial charge on any atom is 0.472 e. The molecule has 1 aliphatic heterocycles. The van der Waals surface area contributed by atoms with Crippen LogP contribution in [0.25, 0.3) is 0 Å². The molecule has 0 aromatic rings. The third-order valence-corrected chi connectivity index (χ3v) is 4.11. The Morgan fingerprint density at radius 1 is 0.900 bits per heavy atom. The van der Waals surface area contributed by atoms with Crippen LogP contribution in [0.3, 0.4) is 0 Å². The van der Waals surface area contributed by atoms with E-state index in [1.165, 1.54) is 20.8 Å². The average Bonchev–Trinajstić information content (AvgIpc) is 2.55. The van der Waals surface area contributed by atoms with Crippen molar-refractivity contribution >= 4 is 31.7 Å². The van der Waals surface area contributed by atoms with Crippen LogP contribution in [0, 0.1) is 5.41 Å². The highest BCUT2D eigenvalue weighted by Gasteiger charge is 2.57. The van der Waals surface area contributed by atoms with Gasteiger partial charge in [-0.15, -0.1) is 0 Å². The third-order valence-electron chi connectivity index (χ3n) is 3.63. The second-order valence-corrected chi connectivity index (χ2v) is 8.50. The van der Waals surface area contributed by atoms with Crippen molar-refractivity contribution < 1.29 is 61.7 Å². The van der Waals surface area contributed by atoms with Crippen LogP contribution < -0.4 is 0 Å². The fourth-order valence-corrected chi connectivity index (χ4v) is 2.85. The molecule has 0 aliphatic carbocycles. The van der Waals surface area contributed by atoms with Gasteiger partial charge in [0.2, 0.25) is 6.29 Å². The lowest BCUT2D eigenvalue weighted by Crippen LogP contribution is -2.64. The van der Waals surface area contributed by atoms with E-state index >= 15 is 0 Å². The molecule has 0 aromatic heterocycles. The number of hydrogen-bond acceptors (Lipinski definition) is 11. The van der Waals surface area contributed by atoms with Gasteiger partial charge in [0.15, 0.2) is 24.4 Å². The summed E-state index contributed by atoms with van der Waals surface area (Å²) in [5.41, 5.74) is -1.08. The average molecular weight is 456 g/mol. The molecule has 1 fully saturated rings. The van der Waals surface area contributed by atoms with Gasteiger partial charge in [0.05, 0.1) is 12.5 Å². The Morgan fingerprint density at radius 3 is 1.80 bits per heavy atom. The number of hydrogen-bond donors (Lipinski definition) is 2. The molecule has 0 radical (unpaired) electrons. The zero-order chi connectivity index (χ0) is 23.4. The van der Waals surface area contributed by atoms with Crippen LogP contribution in [0.5, 0.6) is 0 Å². The monoisotopic (exact) mass is 456 g/mol. The number of carbonyl (C=O) groups excluding carboxylic acids is 4. The van der Waals surface area contributed by atoms with Crippen LogP contribution in [0.2, 0.25) is 0 Å². The lowest BCUT2D eigenvalue weighted by Gasteiger charge is -2.43. The summed E-state index contributed by atoms with van der Waals surface area (Å²) >= 11 is 0. The van der Waals surface area contributed by atoms with Gasteiger partial charge in [-0.2, -0.15) is 0 Å². The summed E-state index contributed by atoms with van der Waals surface area (Å²) in [6, 6.07) is 0. The number of phosphoric acid groups is 1. The number of esters is 4. The fraction of sp³-hybridized carbons (Fsp3) is 0.750. The summed E-state index contributed by atoms with van der Waals surface area (Å²) in [6.07, 6.45) is -9.09. The van der Waals surface area contributed by atoms with E-state index in [9.17, 15) is 33.5 Å². The SMILES string of the molecule is COC(=O)[C@@H]1O[C@H](OP(=O)(O)O)[C@H](OC(C)=O)[C@@H](OC(=O)C(C)(C)C)[C@@H]1OC(C)=O. The van der Waals surface area contributed by atoms with Crippen molar-refractivity contribution in [3.63, 3.8) is 0 Å². The highest BCUT2D eigenvalue weighted by atomic mass is 31.2. The van der Waals surface area contributed by atoms with Gasteiger partial charge in [0.25, 0.3) is 0 Å². The van der Waals surface area contributed by atoms with Gasteiger partial charge >= 0.3 is 31.7 Å². The van der Waals surface area contributed by atoms with E-state index in [2.05, 4.69) is 9.26 Å². The molecule has 0 aromatic carbocycles.